The van der Waals surface area contributed by atoms with Gasteiger partial charge in [-0.2, -0.15) is 0 Å². The van der Waals surface area contributed by atoms with E-state index in [0.29, 0.717) is 0 Å². The van der Waals surface area contributed by atoms with Gasteiger partial charge < -0.3 is 8.83 Å². The molecule has 7 heterocycles. The van der Waals surface area contributed by atoms with Gasteiger partial charge in [0.2, 0.25) is 11.6 Å². The average molecular weight is 898 g/mol. The number of nitrogens with zero attached hydrogens (tertiary/aromatic N) is 7. The van der Waals surface area contributed by atoms with Gasteiger partial charge in [0.05, 0.1) is 66.9 Å². The lowest BCUT2D eigenvalue weighted by Gasteiger charge is -2.11. The Bertz CT molecular complexity index is 4570. The SMILES string of the molecule is c1ccc(-c2cc(-c3ccc4oc5ccc(-n6c7ccccc7n7c8ccccc8nc67)cc5c4c3)cc(-c3ccc4oc5ccc(-n6c7ccccc7n7c8ccccc8nc67)cc5c4c3)n2)cc1. The molecule has 0 spiro atoms. The van der Waals surface area contributed by atoms with Gasteiger partial charge in [-0.15, -0.1) is 0 Å². The molecule has 9 nitrogen and oxygen atoms in total. The fourth-order valence-corrected chi connectivity index (χ4v) is 11.0. The highest BCUT2D eigenvalue weighted by molar-refractivity contribution is 6.09. The molecule has 0 unspecified atom stereocenters. The lowest BCUT2D eigenvalue weighted by Crippen LogP contribution is -1.94. The Hall–Kier alpha value is -9.73. The Balaban J connectivity index is 0.850. The lowest BCUT2D eigenvalue weighted by atomic mass is 9.98. The Labute approximate surface area is 396 Å². The van der Waals surface area contributed by atoms with Gasteiger partial charge in [-0.25, -0.2) is 15.0 Å². The summed E-state index contributed by atoms with van der Waals surface area (Å²) in [6.07, 6.45) is 0. The maximum atomic E-state index is 6.52. The zero-order chi connectivity index (χ0) is 45.6. The van der Waals surface area contributed by atoms with Crippen molar-refractivity contribution in [3.8, 4) is 45.0 Å². The monoisotopic (exact) mass is 897 g/mol. The third-order valence-electron chi connectivity index (χ3n) is 14.2. The Morgan fingerprint density at radius 1 is 0.286 bits per heavy atom. The first-order chi connectivity index (χ1) is 34.7. The summed E-state index contributed by atoms with van der Waals surface area (Å²) < 4.78 is 22.0. The molecule has 0 aliphatic rings. The van der Waals surface area contributed by atoms with E-state index in [4.69, 9.17) is 23.8 Å². The largest absolute Gasteiger partial charge is 0.456 e. The van der Waals surface area contributed by atoms with Crippen LogP contribution in [-0.4, -0.2) is 32.9 Å². The molecular formula is C61H35N7O2. The number of imidazole rings is 4. The second-order valence-electron chi connectivity index (χ2n) is 18.1. The molecule has 0 saturated heterocycles. The van der Waals surface area contributed by atoms with Crippen molar-refractivity contribution >= 4 is 99.6 Å². The summed E-state index contributed by atoms with van der Waals surface area (Å²) in [6, 6.07) is 74.2. The van der Waals surface area contributed by atoms with E-state index in [1.165, 1.54) is 0 Å². The second-order valence-corrected chi connectivity index (χ2v) is 18.1. The second kappa shape index (κ2) is 13.9. The number of benzene rings is 9. The summed E-state index contributed by atoms with van der Waals surface area (Å²) >= 11 is 0. The summed E-state index contributed by atoms with van der Waals surface area (Å²) in [5, 5.41) is 4.10. The highest BCUT2D eigenvalue weighted by Crippen LogP contribution is 2.40. The van der Waals surface area contributed by atoms with Crippen LogP contribution in [0.25, 0.3) is 145 Å². The van der Waals surface area contributed by atoms with Gasteiger partial charge in [-0.3, -0.25) is 17.9 Å². The zero-order valence-corrected chi connectivity index (χ0v) is 37.2. The molecule has 0 aliphatic carbocycles. The fourth-order valence-electron chi connectivity index (χ4n) is 11.0. The van der Waals surface area contributed by atoms with E-state index in [1.54, 1.807) is 0 Å². The maximum absolute atomic E-state index is 6.52. The molecule has 0 bridgehead atoms. The van der Waals surface area contributed by atoms with Gasteiger partial charge in [0, 0.05) is 32.7 Å². The molecule has 0 atom stereocenters. The van der Waals surface area contributed by atoms with Gasteiger partial charge in [-0.05, 0) is 139 Å². The molecular weight excluding hydrogens is 863 g/mol. The standard InChI is InChI=1S/C61H35N7O2/c1-2-12-36(13-3-1)48-32-39(37-22-26-56-42(30-37)44-34-40(24-28-58(44)69-56)65-52-18-8-10-20-54(52)67-50-16-6-4-14-46(50)63-60(65)67)33-49(62-48)38-23-27-57-43(31-38)45-35-41(25-29-59(45)70-57)66-53-19-9-11-21-55(53)68-51-17-7-5-15-47(51)64-61(66)68/h1-35H. The quantitative estimate of drug-likeness (QED) is 0.172. The molecule has 7 aromatic heterocycles. The number of fused-ring (bicyclic) bond motifs is 16. The van der Waals surface area contributed by atoms with Crippen molar-refractivity contribution in [3.63, 3.8) is 0 Å². The van der Waals surface area contributed by atoms with E-state index in [9.17, 15) is 0 Å². The number of hydrogen-bond donors (Lipinski definition) is 0. The minimum atomic E-state index is 0.815. The molecule has 326 valence electrons. The van der Waals surface area contributed by atoms with Crippen LogP contribution in [-0.2, 0) is 0 Å². The van der Waals surface area contributed by atoms with Crippen molar-refractivity contribution in [1.29, 1.82) is 0 Å². The van der Waals surface area contributed by atoms with Gasteiger partial charge in [0.1, 0.15) is 22.3 Å². The lowest BCUT2D eigenvalue weighted by molar-refractivity contribution is 0.668. The maximum Gasteiger partial charge on any atom is 0.220 e. The summed E-state index contributed by atoms with van der Waals surface area (Å²) in [5.41, 5.74) is 19.7. The Morgan fingerprint density at radius 2 is 0.700 bits per heavy atom. The van der Waals surface area contributed by atoms with Crippen molar-refractivity contribution in [2.45, 2.75) is 0 Å². The summed E-state index contributed by atoms with van der Waals surface area (Å²) in [7, 11) is 0. The third kappa shape index (κ3) is 5.28. The first kappa shape index (κ1) is 37.4. The smallest absolute Gasteiger partial charge is 0.220 e. The highest BCUT2D eigenvalue weighted by atomic mass is 16.3. The van der Waals surface area contributed by atoms with E-state index in [0.717, 1.165) is 145 Å². The van der Waals surface area contributed by atoms with Crippen molar-refractivity contribution in [2.75, 3.05) is 0 Å². The van der Waals surface area contributed by atoms with E-state index in [-0.39, 0.29) is 0 Å². The summed E-state index contributed by atoms with van der Waals surface area (Å²) in [4.78, 5) is 15.6. The summed E-state index contributed by atoms with van der Waals surface area (Å²) in [6.45, 7) is 0. The topological polar surface area (TPSA) is 83.6 Å². The highest BCUT2D eigenvalue weighted by Gasteiger charge is 2.21. The number of pyridine rings is 1. The van der Waals surface area contributed by atoms with Crippen molar-refractivity contribution in [2.24, 2.45) is 0 Å². The van der Waals surface area contributed by atoms with E-state index >= 15 is 0 Å². The number of hydrogen-bond acceptors (Lipinski definition) is 5. The molecule has 0 N–H and O–H groups in total. The predicted molar refractivity (Wildman–Crippen MR) is 281 cm³/mol. The van der Waals surface area contributed by atoms with E-state index in [1.807, 2.05) is 18.2 Å². The molecule has 70 heavy (non-hydrogen) atoms. The van der Waals surface area contributed by atoms with Crippen molar-refractivity contribution in [1.82, 2.24) is 32.9 Å². The van der Waals surface area contributed by atoms with E-state index in [2.05, 4.69) is 212 Å². The Kier molecular flexibility index (Phi) is 7.43. The first-order valence-electron chi connectivity index (χ1n) is 23.4. The van der Waals surface area contributed by atoms with Crippen LogP contribution in [0.2, 0.25) is 0 Å². The zero-order valence-electron chi connectivity index (χ0n) is 37.2. The molecule has 16 rings (SSSR count). The molecule has 0 fully saturated rings. The first-order valence-corrected chi connectivity index (χ1v) is 23.4. The number of rotatable bonds is 5. The van der Waals surface area contributed by atoms with Crippen LogP contribution >= 0.6 is 0 Å². The molecule has 9 heteroatoms. The van der Waals surface area contributed by atoms with Crippen molar-refractivity contribution < 1.29 is 8.83 Å². The predicted octanol–water partition coefficient (Wildman–Crippen LogP) is 15.4. The normalized spacial score (nSPS) is 12.3. The van der Waals surface area contributed by atoms with Crippen LogP contribution < -0.4 is 0 Å². The fraction of sp³-hybridized carbons (Fsp3) is 0. The van der Waals surface area contributed by atoms with E-state index < -0.39 is 0 Å². The Morgan fingerprint density at radius 3 is 1.24 bits per heavy atom. The van der Waals surface area contributed by atoms with Gasteiger partial charge in [-0.1, -0.05) is 84.9 Å². The average Bonchev–Trinajstić information content (AvgIpc) is 4.27. The molecule has 0 amide bonds. The third-order valence-corrected chi connectivity index (χ3v) is 14.2. The van der Waals surface area contributed by atoms with Crippen LogP contribution in [0.4, 0.5) is 0 Å². The number of furan rings is 2. The molecule has 0 saturated carbocycles. The van der Waals surface area contributed by atoms with Gasteiger partial charge in [0.15, 0.2) is 0 Å². The van der Waals surface area contributed by atoms with Gasteiger partial charge >= 0.3 is 0 Å². The number of aromatic nitrogens is 7. The van der Waals surface area contributed by atoms with Crippen LogP contribution in [0.1, 0.15) is 0 Å². The minimum Gasteiger partial charge on any atom is -0.456 e. The van der Waals surface area contributed by atoms with Crippen LogP contribution in [0.3, 0.4) is 0 Å². The minimum absolute atomic E-state index is 0.815. The van der Waals surface area contributed by atoms with Crippen LogP contribution in [0.15, 0.2) is 221 Å². The molecule has 0 radical (unpaired) electrons. The number of para-hydroxylation sites is 8. The van der Waals surface area contributed by atoms with Crippen LogP contribution in [0.5, 0.6) is 0 Å². The van der Waals surface area contributed by atoms with Gasteiger partial charge in [0.25, 0.3) is 0 Å². The van der Waals surface area contributed by atoms with Crippen LogP contribution in [0, 0.1) is 0 Å². The molecule has 16 aromatic rings. The van der Waals surface area contributed by atoms with Crippen molar-refractivity contribution in [3.05, 3.63) is 212 Å². The summed E-state index contributed by atoms with van der Waals surface area (Å²) in [5.74, 6) is 1.74. The molecule has 0 aliphatic heterocycles. The molecule has 9 aromatic carbocycles.